The molecule has 2 aromatic rings. The molecule has 0 saturated heterocycles. The second-order valence-corrected chi connectivity index (χ2v) is 5.05. The van der Waals surface area contributed by atoms with E-state index in [9.17, 15) is 0 Å². The van der Waals surface area contributed by atoms with E-state index in [1.54, 1.807) is 0 Å². The Hall–Kier alpha value is -1.65. The van der Waals surface area contributed by atoms with Gasteiger partial charge in [-0.2, -0.15) is 5.10 Å². The molecule has 1 atom stereocenters. The Balaban J connectivity index is 2.49. The normalized spacial score (nSPS) is 12.7. The molecule has 0 fully saturated rings. The van der Waals surface area contributed by atoms with E-state index in [1.165, 1.54) is 16.7 Å². The van der Waals surface area contributed by atoms with E-state index >= 15 is 0 Å². The van der Waals surface area contributed by atoms with Crippen molar-refractivity contribution in [2.75, 3.05) is 0 Å². The molecule has 4 nitrogen and oxygen atoms in total. The first-order chi connectivity index (χ1) is 9.05. The minimum atomic E-state index is -0.0280. The van der Waals surface area contributed by atoms with Crippen LogP contribution in [0.2, 0.25) is 0 Å². The van der Waals surface area contributed by atoms with Crippen LogP contribution in [-0.2, 0) is 6.54 Å². The summed E-state index contributed by atoms with van der Waals surface area (Å²) >= 11 is 0. The number of nitrogens with two attached hydrogens (primary N) is 1. The zero-order chi connectivity index (χ0) is 14.0. The van der Waals surface area contributed by atoms with E-state index in [0.29, 0.717) is 0 Å². The first kappa shape index (κ1) is 13.8. The molecule has 19 heavy (non-hydrogen) atoms. The lowest BCUT2D eigenvalue weighted by atomic mass is 9.99. The molecule has 0 aliphatic rings. The van der Waals surface area contributed by atoms with Crippen molar-refractivity contribution >= 4 is 0 Å². The molecule has 2 rings (SSSR count). The van der Waals surface area contributed by atoms with Crippen molar-refractivity contribution in [1.29, 1.82) is 0 Å². The van der Waals surface area contributed by atoms with Crippen LogP contribution >= 0.6 is 0 Å². The molecule has 1 aromatic heterocycles. The molecule has 0 saturated carbocycles. The zero-order valence-electron chi connectivity index (χ0n) is 12.1. The fourth-order valence-corrected chi connectivity index (χ4v) is 2.58. The Morgan fingerprint density at radius 1 is 1.16 bits per heavy atom. The highest BCUT2D eigenvalue weighted by molar-refractivity contribution is 5.35. The summed E-state index contributed by atoms with van der Waals surface area (Å²) in [6, 6.07) is 8.56. The summed E-state index contributed by atoms with van der Waals surface area (Å²) in [7, 11) is 0. The summed E-state index contributed by atoms with van der Waals surface area (Å²) in [6.45, 7) is 9.14. The minimum absolute atomic E-state index is 0.0280. The van der Waals surface area contributed by atoms with Gasteiger partial charge in [-0.1, -0.05) is 29.3 Å². The van der Waals surface area contributed by atoms with Crippen LogP contribution in [-0.4, -0.2) is 9.78 Å². The maximum absolute atomic E-state index is 5.78. The van der Waals surface area contributed by atoms with Crippen molar-refractivity contribution in [1.82, 2.24) is 15.2 Å². The molecule has 1 unspecified atom stereocenters. The highest BCUT2D eigenvalue weighted by atomic mass is 15.3. The number of aromatic nitrogens is 2. The molecule has 102 valence electrons. The fourth-order valence-electron chi connectivity index (χ4n) is 2.58. The number of hydrogen-bond donors (Lipinski definition) is 2. The van der Waals surface area contributed by atoms with Crippen molar-refractivity contribution in [2.24, 2.45) is 5.84 Å². The molecule has 0 bridgehead atoms. The molecular weight excluding hydrogens is 236 g/mol. The summed E-state index contributed by atoms with van der Waals surface area (Å²) in [5.74, 6) is 5.78. The molecule has 3 N–H and O–H groups in total. The number of nitrogens with zero attached hydrogens (tertiary/aromatic N) is 2. The molecule has 0 spiro atoms. The van der Waals surface area contributed by atoms with Gasteiger partial charge in [-0.15, -0.1) is 0 Å². The van der Waals surface area contributed by atoms with E-state index in [2.05, 4.69) is 55.6 Å². The van der Waals surface area contributed by atoms with E-state index in [0.717, 1.165) is 17.9 Å². The monoisotopic (exact) mass is 258 g/mol. The SMILES string of the molecule is CCn1nc(C)cc1C(NN)c1cc(C)cc(C)c1. The van der Waals surface area contributed by atoms with Crippen LogP contribution in [0.15, 0.2) is 24.3 Å². The number of hydrazine groups is 1. The van der Waals surface area contributed by atoms with Gasteiger partial charge in [0.2, 0.25) is 0 Å². The summed E-state index contributed by atoms with van der Waals surface area (Å²) < 4.78 is 2.00. The Kier molecular flexibility index (Phi) is 4.02. The fraction of sp³-hybridized carbons (Fsp3) is 0.400. The van der Waals surface area contributed by atoms with Crippen LogP contribution in [0.25, 0.3) is 0 Å². The predicted octanol–water partition coefficient (Wildman–Crippen LogP) is 2.38. The summed E-state index contributed by atoms with van der Waals surface area (Å²) in [6.07, 6.45) is 0. The quantitative estimate of drug-likeness (QED) is 0.654. The molecule has 0 aliphatic heterocycles. The van der Waals surface area contributed by atoms with Gasteiger partial charge in [-0.3, -0.25) is 10.5 Å². The van der Waals surface area contributed by atoms with Crippen LogP contribution in [0.3, 0.4) is 0 Å². The number of nitrogens with one attached hydrogen (secondary N) is 1. The van der Waals surface area contributed by atoms with Gasteiger partial charge in [-0.25, -0.2) is 5.43 Å². The highest BCUT2D eigenvalue weighted by Gasteiger charge is 2.18. The molecule has 4 heteroatoms. The van der Waals surface area contributed by atoms with Crippen molar-refractivity contribution < 1.29 is 0 Å². The molecule has 1 aromatic carbocycles. The van der Waals surface area contributed by atoms with Gasteiger partial charge in [0, 0.05) is 6.54 Å². The Morgan fingerprint density at radius 2 is 1.79 bits per heavy atom. The van der Waals surface area contributed by atoms with E-state index in [1.807, 2.05) is 11.6 Å². The lowest BCUT2D eigenvalue weighted by Crippen LogP contribution is -2.30. The standard InChI is InChI=1S/C15H22N4/c1-5-19-14(9-12(4)18-19)15(17-16)13-7-10(2)6-11(3)8-13/h6-9,15,17H,5,16H2,1-4H3. The number of rotatable bonds is 4. The number of benzene rings is 1. The highest BCUT2D eigenvalue weighted by Crippen LogP contribution is 2.24. The van der Waals surface area contributed by atoms with Gasteiger partial charge in [0.25, 0.3) is 0 Å². The molecular formula is C15H22N4. The van der Waals surface area contributed by atoms with Crippen LogP contribution in [0.1, 0.15) is 41.0 Å². The van der Waals surface area contributed by atoms with E-state index in [-0.39, 0.29) is 6.04 Å². The number of hydrogen-bond acceptors (Lipinski definition) is 3. The summed E-state index contributed by atoms with van der Waals surface area (Å²) in [5.41, 5.74) is 8.70. The minimum Gasteiger partial charge on any atom is -0.271 e. The van der Waals surface area contributed by atoms with Crippen molar-refractivity contribution in [2.45, 2.75) is 40.3 Å². The third-order valence-electron chi connectivity index (χ3n) is 3.27. The van der Waals surface area contributed by atoms with Crippen molar-refractivity contribution in [3.8, 4) is 0 Å². The molecule has 1 heterocycles. The lowest BCUT2D eigenvalue weighted by Gasteiger charge is -2.18. The second kappa shape index (κ2) is 5.55. The largest absolute Gasteiger partial charge is 0.271 e. The molecule has 0 aliphatic carbocycles. The first-order valence-electron chi connectivity index (χ1n) is 6.63. The summed E-state index contributed by atoms with van der Waals surface area (Å²) in [4.78, 5) is 0. The third kappa shape index (κ3) is 2.85. The first-order valence-corrected chi connectivity index (χ1v) is 6.63. The molecule has 0 radical (unpaired) electrons. The van der Waals surface area contributed by atoms with E-state index < -0.39 is 0 Å². The summed E-state index contributed by atoms with van der Waals surface area (Å²) in [5, 5.41) is 4.49. The second-order valence-electron chi connectivity index (χ2n) is 5.05. The van der Waals surface area contributed by atoms with Gasteiger partial charge in [0.1, 0.15) is 0 Å². The van der Waals surface area contributed by atoms with Gasteiger partial charge in [0.15, 0.2) is 0 Å². The van der Waals surface area contributed by atoms with Gasteiger partial charge in [-0.05, 0) is 39.3 Å². The van der Waals surface area contributed by atoms with Crippen molar-refractivity contribution in [3.63, 3.8) is 0 Å². The topological polar surface area (TPSA) is 55.9 Å². The van der Waals surface area contributed by atoms with Crippen LogP contribution in [0.5, 0.6) is 0 Å². The Morgan fingerprint density at radius 3 is 2.32 bits per heavy atom. The third-order valence-corrected chi connectivity index (χ3v) is 3.27. The average Bonchev–Trinajstić information content (AvgIpc) is 2.70. The van der Waals surface area contributed by atoms with Crippen molar-refractivity contribution in [3.05, 3.63) is 52.3 Å². The maximum Gasteiger partial charge on any atom is 0.0878 e. The smallest absolute Gasteiger partial charge is 0.0878 e. The zero-order valence-corrected chi connectivity index (χ0v) is 12.1. The van der Waals surface area contributed by atoms with Gasteiger partial charge < -0.3 is 0 Å². The van der Waals surface area contributed by atoms with Crippen LogP contribution in [0, 0.1) is 20.8 Å². The van der Waals surface area contributed by atoms with Crippen LogP contribution in [0.4, 0.5) is 0 Å². The molecule has 0 amide bonds. The average molecular weight is 258 g/mol. The number of aryl methyl sites for hydroxylation is 4. The maximum atomic E-state index is 5.78. The van der Waals surface area contributed by atoms with Gasteiger partial charge in [0.05, 0.1) is 17.4 Å². The van der Waals surface area contributed by atoms with E-state index in [4.69, 9.17) is 5.84 Å². The predicted molar refractivity (Wildman–Crippen MR) is 77.7 cm³/mol. The Bertz CT molecular complexity index is 551. The Labute approximate surface area is 114 Å². The van der Waals surface area contributed by atoms with Crippen LogP contribution < -0.4 is 11.3 Å². The lowest BCUT2D eigenvalue weighted by molar-refractivity contribution is 0.542. The van der Waals surface area contributed by atoms with Gasteiger partial charge >= 0.3 is 0 Å².